The molecule has 1 aromatic heterocycles. The number of aromatic nitrogens is 2. The summed E-state index contributed by atoms with van der Waals surface area (Å²) in [6.45, 7) is 0.150. The molecule has 0 saturated carbocycles. The molecule has 6 heteroatoms. The molecule has 0 fully saturated rings. The first kappa shape index (κ1) is 11.0. The lowest BCUT2D eigenvalue weighted by Gasteiger charge is -1.99. The lowest BCUT2D eigenvalue weighted by atomic mass is 10.1. The van der Waals surface area contributed by atoms with Gasteiger partial charge in [0.25, 0.3) is 0 Å². The van der Waals surface area contributed by atoms with Crippen molar-refractivity contribution in [2.75, 3.05) is 5.73 Å². The first-order chi connectivity index (χ1) is 8.15. The van der Waals surface area contributed by atoms with Crippen molar-refractivity contribution in [1.82, 2.24) is 15.3 Å². The molecule has 0 aliphatic carbocycles. The zero-order valence-electron chi connectivity index (χ0n) is 8.97. The number of carboxylic acid groups (broad SMARTS) is 1. The van der Waals surface area contributed by atoms with Crippen molar-refractivity contribution in [2.45, 2.75) is 6.54 Å². The van der Waals surface area contributed by atoms with Crippen molar-refractivity contribution in [2.24, 2.45) is 0 Å². The minimum Gasteiger partial charge on any atom is -0.465 e. The summed E-state index contributed by atoms with van der Waals surface area (Å²) >= 11 is 0. The van der Waals surface area contributed by atoms with Crippen molar-refractivity contribution < 1.29 is 9.90 Å². The second kappa shape index (κ2) is 4.56. The monoisotopic (exact) mass is 232 g/mol. The maximum atomic E-state index is 10.3. The second-order valence-electron chi connectivity index (χ2n) is 3.53. The van der Waals surface area contributed by atoms with E-state index in [2.05, 4.69) is 15.3 Å². The van der Waals surface area contributed by atoms with Gasteiger partial charge in [-0.1, -0.05) is 12.1 Å². The third kappa shape index (κ3) is 2.75. The molecule has 0 spiro atoms. The van der Waals surface area contributed by atoms with Crippen LogP contribution in [0.4, 0.5) is 10.5 Å². The molecule has 5 N–H and O–H groups in total. The summed E-state index contributed by atoms with van der Waals surface area (Å²) in [5.41, 5.74) is 8.07. The predicted octanol–water partition coefficient (Wildman–Crippen LogP) is 1.43. The Hall–Kier alpha value is -2.50. The molecule has 0 radical (unpaired) electrons. The minimum atomic E-state index is -1.08. The Bertz CT molecular complexity index is 536. The molecule has 17 heavy (non-hydrogen) atoms. The first-order valence-electron chi connectivity index (χ1n) is 5.02. The largest absolute Gasteiger partial charge is 0.465 e. The fourth-order valence-electron chi connectivity index (χ4n) is 1.46. The molecular formula is C11H12N4O2. The molecule has 2 aromatic rings. The summed E-state index contributed by atoms with van der Waals surface area (Å²) in [5, 5.41) is 10.7. The predicted molar refractivity (Wildman–Crippen MR) is 63.3 cm³/mol. The smallest absolute Gasteiger partial charge is 0.405 e. The van der Waals surface area contributed by atoms with Gasteiger partial charge in [-0.15, -0.1) is 0 Å². The van der Waals surface area contributed by atoms with Crippen LogP contribution in [0.5, 0.6) is 0 Å². The summed E-state index contributed by atoms with van der Waals surface area (Å²) in [6.07, 6.45) is 0.570. The standard InChI is InChI=1S/C11H12N4O2/c12-8-3-1-2-7(4-8)9-5-13-10(15-9)6-14-11(16)17/h1-5,14H,6,12H2,(H,13,15)(H,16,17). The van der Waals surface area contributed by atoms with E-state index in [1.165, 1.54) is 0 Å². The Morgan fingerprint density at radius 1 is 1.53 bits per heavy atom. The fourth-order valence-corrected chi connectivity index (χ4v) is 1.46. The van der Waals surface area contributed by atoms with Crippen LogP contribution in [0, 0.1) is 0 Å². The number of anilines is 1. The van der Waals surface area contributed by atoms with E-state index in [0.717, 1.165) is 11.3 Å². The molecule has 2 rings (SSSR count). The molecule has 1 heterocycles. The van der Waals surface area contributed by atoms with Crippen LogP contribution in [0.15, 0.2) is 30.5 Å². The van der Waals surface area contributed by atoms with Gasteiger partial charge in [0.05, 0.1) is 18.4 Å². The van der Waals surface area contributed by atoms with Gasteiger partial charge < -0.3 is 21.1 Å². The van der Waals surface area contributed by atoms with Gasteiger partial charge >= 0.3 is 6.09 Å². The summed E-state index contributed by atoms with van der Waals surface area (Å²) in [6, 6.07) is 7.37. The molecule has 0 unspecified atom stereocenters. The summed E-state index contributed by atoms with van der Waals surface area (Å²) in [5.74, 6) is 0.560. The number of aromatic amines is 1. The molecule has 0 atom stereocenters. The maximum absolute atomic E-state index is 10.3. The number of nitrogens with two attached hydrogens (primary N) is 1. The van der Waals surface area contributed by atoms with Gasteiger partial charge in [-0.05, 0) is 12.1 Å². The van der Waals surface area contributed by atoms with Gasteiger partial charge in [0.1, 0.15) is 5.82 Å². The third-order valence-electron chi connectivity index (χ3n) is 2.23. The van der Waals surface area contributed by atoms with Crippen molar-refractivity contribution in [3.05, 3.63) is 36.3 Å². The van der Waals surface area contributed by atoms with E-state index in [1.54, 1.807) is 12.3 Å². The lowest BCUT2D eigenvalue weighted by molar-refractivity contribution is 0.193. The number of benzene rings is 1. The average Bonchev–Trinajstić information content (AvgIpc) is 2.75. The Morgan fingerprint density at radius 3 is 3.06 bits per heavy atom. The van der Waals surface area contributed by atoms with Crippen LogP contribution in [-0.4, -0.2) is 21.2 Å². The van der Waals surface area contributed by atoms with Crippen LogP contribution in [0.1, 0.15) is 5.82 Å². The zero-order valence-corrected chi connectivity index (χ0v) is 8.97. The Morgan fingerprint density at radius 2 is 2.35 bits per heavy atom. The molecule has 0 aliphatic heterocycles. The summed E-state index contributed by atoms with van der Waals surface area (Å²) in [7, 11) is 0. The number of imidazole rings is 1. The van der Waals surface area contributed by atoms with Crippen LogP contribution in [0.2, 0.25) is 0 Å². The minimum absolute atomic E-state index is 0.150. The highest BCUT2D eigenvalue weighted by molar-refractivity contribution is 5.65. The number of amides is 1. The van der Waals surface area contributed by atoms with E-state index in [4.69, 9.17) is 10.8 Å². The van der Waals surface area contributed by atoms with E-state index < -0.39 is 6.09 Å². The van der Waals surface area contributed by atoms with Crippen molar-refractivity contribution in [3.8, 4) is 11.3 Å². The van der Waals surface area contributed by atoms with Gasteiger partial charge in [0.2, 0.25) is 0 Å². The molecule has 1 amide bonds. The quantitative estimate of drug-likeness (QED) is 0.601. The highest BCUT2D eigenvalue weighted by atomic mass is 16.4. The lowest BCUT2D eigenvalue weighted by Crippen LogP contribution is -2.20. The number of rotatable bonds is 3. The molecule has 0 saturated heterocycles. The summed E-state index contributed by atoms with van der Waals surface area (Å²) < 4.78 is 0. The first-order valence-corrected chi connectivity index (χ1v) is 5.02. The number of hydrogen-bond donors (Lipinski definition) is 4. The van der Waals surface area contributed by atoms with Crippen LogP contribution >= 0.6 is 0 Å². The van der Waals surface area contributed by atoms with E-state index in [1.807, 2.05) is 18.2 Å². The molecule has 0 bridgehead atoms. The Labute approximate surface area is 97.5 Å². The Balaban J connectivity index is 2.15. The van der Waals surface area contributed by atoms with Crippen molar-refractivity contribution in [1.29, 1.82) is 0 Å². The van der Waals surface area contributed by atoms with Gasteiger partial charge in [0, 0.05) is 11.3 Å². The molecule has 0 aliphatic rings. The number of H-pyrrole nitrogens is 1. The maximum Gasteiger partial charge on any atom is 0.405 e. The van der Waals surface area contributed by atoms with Crippen LogP contribution in [0.3, 0.4) is 0 Å². The summed E-state index contributed by atoms with van der Waals surface area (Å²) in [4.78, 5) is 17.4. The molecule has 88 valence electrons. The van der Waals surface area contributed by atoms with Crippen LogP contribution in [0.25, 0.3) is 11.3 Å². The van der Waals surface area contributed by atoms with E-state index in [-0.39, 0.29) is 6.54 Å². The average molecular weight is 232 g/mol. The second-order valence-corrected chi connectivity index (χ2v) is 3.53. The SMILES string of the molecule is Nc1cccc(-c2cnc(CNC(=O)O)[nH]2)c1. The Kier molecular flexibility index (Phi) is 2.95. The zero-order chi connectivity index (χ0) is 12.3. The van der Waals surface area contributed by atoms with Crippen molar-refractivity contribution in [3.63, 3.8) is 0 Å². The van der Waals surface area contributed by atoms with Gasteiger partial charge in [0.15, 0.2) is 0 Å². The highest BCUT2D eigenvalue weighted by Gasteiger charge is 2.04. The number of carbonyl (C=O) groups is 1. The van der Waals surface area contributed by atoms with E-state index in [0.29, 0.717) is 11.5 Å². The van der Waals surface area contributed by atoms with Gasteiger partial charge in [-0.3, -0.25) is 0 Å². The number of nitrogen functional groups attached to an aromatic ring is 1. The number of hydrogen-bond acceptors (Lipinski definition) is 3. The van der Waals surface area contributed by atoms with Crippen molar-refractivity contribution >= 4 is 11.8 Å². The fraction of sp³-hybridized carbons (Fsp3) is 0.0909. The normalized spacial score (nSPS) is 10.1. The van der Waals surface area contributed by atoms with Crippen LogP contribution in [-0.2, 0) is 6.54 Å². The topological polar surface area (TPSA) is 104 Å². The number of nitrogens with one attached hydrogen (secondary N) is 2. The van der Waals surface area contributed by atoms with E-state index in [9.17, 15) is 4.79 Å². The van der Waals surface area contributed by atoms with Crippen LogP contribution < -0.4 is 11.1 Å². The van der Waals surface area contributed by atoms with Gasteiger partial charge in [-0.2, -0.15) is 0 Å². The molecule has 1 aromatic carbocycles. The third-order valence-corrected chi connectivity index (χ3v) is 2.23. The molecule has 6 nitrogen and oxygen atoms in total. The highest BCUT2D eigenvalue weighted by Crippen LogP contribution is 2.19. The molecular weight excluding hydrogens is 220 g/mol. The van der Waals surface area contributed by atoms with Gasteiger partial charge in [-0.25, -0.2) is 9.78 Å². The number of nitrogens with zero attached hydrogens (tertiary/aromatic N) is 1. The van der Waals surface area contributed by atoms with E-state index >= 15 is 0 Å².